The molecule has 0 bridgehead atoms. The number of halogens is 2. The van der Waals surface area contributed by atoms with Gasteiger partial charge in [0, 0.05) is 10.9 Å². The number of nitrogens with zero attached hydrogens (tertiary/aromatic N) is 2. The van der Waals surface area contributed by atoms with Gasteiger partial charge < -0.3 is 9.52 Å². The fourth-order valence-electron chi connectivity index (χ4n) is 2.80. The second-order valence-corrected chi connectivity index (χ2v) is 5.66. The monoisotopic (exact) mass is 342 g/mol. The van der Waals surface area contributed by atoms with Crippen LogP contribution in [0.15, 0.2) is 58.0 Å². The van der Waals surface area contributed by atoms with Gasteiger partial charge in [-0.15, -0.1) is 0 Å². The molecular weight excluding hydrogens is 330 g/mol. The van der Waals surface area contributed by atoms with Crippen LogP contribution in [0.2, 0.25) is 0 Å². The summed E-state index contributed by atoms with van der Waals surface area (Å²) in [6, 6.07) is 9.88. The van der Waals surface area contributed by atoms with Crippen LogP contribution in [0.25, 0.3) is 22.1 Å². The van der Waals surface area contributed by atoms with Crippen LogP contribution in [0, 0.1) is 11.6 Å². The second kappa shape index (κ2) is 5.78. The van der Waals surface area contributed by atoms with Crippen molar-refractivity contribution in [2.75, 3.05) is 0 Å². The van der Waals surface area contributed by atoms with Crippen LogP contribution in [-0.4, -0.2) is 14.7 Å². The van der Waals surface area contributed by atoms with Gasteiger partial charge in [-0.25, -0.2) is 13.8 Å². The molecule has 0 amide bonds. The lowest BCUT2D eigenvalue weighted by molar-refractivity contribution is 0.150. The minimum atomic E-state index is -1.41. The first-order chi connectivity index (χ1) is 12.0. The summed E-state index contributed by atoms with van der Waals surface area (Å²) in [7, 11) is 0. The van der Waals surface area contributed by atoms with E-state index in [1.807, 2.05) is 0 Å². The van der Waals surface area contributed by atoms with Crippen LogP contribution >= 0.6 is 0 Å². The summed E-state index contributed by atoms with van der Waals surface area (Å²) < 4.78 is 33.7. The smallest absolute Gasteiger partial charge is 0.297 e. The van der Waals surface area contributed by atoms with Crippen molar-refractivity contribution in [2.24, 2.45) is 0 Å². The van der Waals surface area contributed by atoms with Crippen LogP contribution in [0.1, 0.15) is 11.7 Å². The molecule has 4 aromatic rings. The summed E-state index contributed by atoms with van der Waals surface area (Å²) in [5, 5.41) is 10.9. The van der Waals surface area contributed by atoms with Crippen molar-refractivity contribution in [1.82, 2.24) is 9.55 Å². The number of hydrogen-bond acceptors (Lipinski definition) is 4. The van der Waals surface area contributed by atoms with Gasteiger partial charge in [-0.1, -0.05) is 12.1 Å². The molecule has 1 atom stereocenters. The molecule has 0 saturated heterocycles. The van der Waals surface area contributed by atoms with Gasteiger partial charge in [-0.05, 0) is 30.3 Å². The number of furan rings is 1. The molecule has 126 valence electrons. The molecule has 2 aromatic heterocycles. The van der Waals surface area contributed by atoms with E-state index in [4.69, 9.17) is 4.42 Å². The van der Waals surface area contributed by atoms with Crippen LogP contribution in [-0.2, 0) is 6.54 Å². The van der Waals surface area contributed by atoms with E-state index in [-0.39, 0.29) is 17.7 Å². The topological polar surface area (TPSA) is 68.3 Å². The zero-order valence-corrected chi connectivity index (χ0v) is 12.8. The lowest BCUT2D eigenvalue weighted by atomic mass is 10.1. The van der Waals surface area contributed by atoms with E-state index in [1.165, 1.54) is 6.33 Å². The molecule has 0 aliphatic carbocycles. The maximum atomic E-state index is 13.8. The Kier molecular flexibility index (Phi) is 3.58. The van der Waals surface area contributed by atoms with E-state index in [2.05, 4.69) is 4.98 Å². The van der Waals surface area contributed by atoms with Gasteiger partial charge in [0.1, 0.15) is 22.7 Å². The fourth-order valence-corrected chi connectivity index (χ4v) is 2.80. The Bertz CT molecular complexity index is 1150. The average molecular weight is 342 g/mol. The number of rotatable bonds is 3. The highest BCUT2D eigenvalue weighted by Gasteiger charge is 2.18. The standard InChI is InChI=1S/C18H12F2N2O3/c19-10-5-6-13(20)12(7-10)14(23)8-22-9-21-16-11-3-1-2-4-15(11)25-17(16)18(22)24/h1-7,9,14,23H,8H2. The van der Waals surface area contributed by atoms with Crippen LogP contribution < -0.4 is 5.56 Å². The zero-order chi connectivity index (χ0) is 17.6. The third kappa shape index (κ3) is 2.58. The number of hydrogen-bond donors (Lipinski definition) is 1. The van der Waals surface area contributed by atoms with E-state index in [0.29, 0.717) is 16.5 Å². The van der Waals surface area contributed by atoms with Crippen LogP contribution in [0.3, 0.4) is 0 Å². The van der Waals surface area contributed by atoms with E-state index in [1.54, 1.807) is 24.3 Å². The van der Waals surface area contributed by atoms with Gasteiger partial charge in [0.2, 0.25) is 5.58 Å². The lowest BCUT2D eigenvalue weighted by Crippen LogP contribution is -2.23. The normalized spacial score (nSPS) is 12.8. The maximum absolute atomic E-state index is 13.8. The molecule has 0 spiro atoms. The Hall–Kier alpha value is -3.06. The SMILES string of the molecule is O=c1c2oc3ccccc3c2ncn1CC(O)c1cc(F)ccc1F. The van der Waals surface area contributed by atoms with Gasteiger partial charge >= 0.3 is 0 Å². The highest BCUT2D eigenvalue weighted by atomic mass is 19.1. The third-order valence-corrected chi connectivity index (χ3v) is 4.04. The van der Waals surface area contributed by atoms with Crippen molar-refractivity contribution in [3.8, 4) is 0 Å². The first-order valence-corrected chi connectivity index (χ1v) is 7.54. The van der Waals surface area contributed by atoms with Gasteiger partial charge in [0.25, 0.3) is 5.56 Å². The molecule has 4 rings (SSSR count). The Morgan fingerprint density at radius 2 is 2.00 bits per heavy atom. The first kappa shape index (κ1) is 15.5. The summed E-state index contributed by atoms with van der Waals surface area (Å²) in [5.74, 6) is -1.42. The summed E-state index contributed by atoms with van der Waals surface area (Å²) in [6.45, 7) is -0.279. The van der Waals surface area contributed by atoms with E-state index in [9.17, 15) is 18.7 Å². The highest BCUT2D eigenvalue weighted by molar-refractivity contribution is 6.01. The molecular formula is C18H12F2N2O3. The second-order valence-electron chi connectivity index (χ2n) is 5.66. The van der Waals surface area contributed by atoms with Crippen LogP contribution in [0.4, 0.5) is 8.78 Å². The number of aliphatic hydroxyl groups excluding tert-OH is 1. The molecule has 0 radical (unpaired) electrons. The van der Waals surface area contributed by atoms with Gasteiger partial charge in [0.15, 0.2) is 0 Å². The molecule has 5 nitrogen and oxygen atoms in total. The van der Waals surface area contributed by atoms with Crippen LogP contribution in [0.5, 0.6) is 0 Å². The minimum Gasteiger partial charge on any atom is -0.448 e. The predicted octanol–water partition coefficient (Wildman–Crippen LogP) is 3.15. The van der Waals surface area contributed by atoms with E-state index in [0.717, 1.165) is 22.8 Å². The predicted molar refractivity (Wildman–Crippen MR) is 87.1 cm³/mol. The lowest BCUT2D eigenvalue weighted by Gasteiger charge is -2.13. The Morgan fingerprint density at radius 3 is 2.84 bits per heavy atom. The van der Waals surface area contributed by atoms with Crippen molar-refractivity contribution in [3.05, 3.63) is 76.3 Å². The van der Waals surface area contributed by atoms with E-state index >= 15 is 0 Å². The molecule has 0 aliphatic rings. The van der Waals surface area contributed by atoms with Crippen molar-refractivity contribution in [2.45, 2.75) is 12.6 Å². The highest BCUT2D eigenvalue weighted by Crippen LogP contribution is 2.25. The summed E-state index contributed by atoms with van der Waals surface area (Å²) in [4.78, 5) is 16.8. The van der Waals surface area contributed by atoms with Crippen molar-refractivity contribution in [3.63, 3.8) is 0 Å². The summed E-state index contributed by atoms with van der Waals surface area (Å²) >= 11 is 0. The molecule has 1 unspecified atom stereocenters. The molecule has 1 N–H and O–H groups in total. The minimum absolute atomic E-state index is 0.0515. The number of para-hydroxylation sites is 1. The zero-order valence-electron chi connectivity index (χ0n) is 12.8. The molecule has 0 saturated carbocycles. The van der Waals surface area contributed by atoms with E-state index < -0.39 is 23.3 Å². The van der Waals surface area contributed by atoms with Crippen molar-refractivity contribution < 1.29 is 18.3 Å². The summed E-state index contributed by atoms with van der Waals surface area (Å²) in [5.41, 5.74) is 0.268. The van der Waals surface area contributed by atoms with Crippen molar-refractivity contribution >= 4 is 22.1 Å². The molecule has 2 aromatic carbocycles. The molecule has 7 heteroatoms. The third-order valence-electron chi connectivity index (χ3n) is 4.04. The Balaban J connectivity index is 1.77. The number of aromatic nitrogens is 2. The largest absolute Gasteiger partial charge is 0.448 e. The van der Waals surface area contributed by atoms with Gasteiger partial charge in [-0.3, -0.25) is 9.36 Å². The van der Waals surface area contributed by atoms with Gasteiger partial charge in [-0.2, -0.15) is 0 Å². The number of aliphatic hydroxyl groups is 1. The van der Waals surface area contributed by atoms with Crippen molar-refractivity contribution in [1.29, 1.82) is 0 Å². The Labute approximate surface area is 139 Å². The summed E-state index contributed by atoms with van der Waals surface area (Å²) in [6.07, 6.45) is -0.149. The fraction of sp³-hybridized carbons (Fsp3) is 0.111. The maximum Gasteiger partial charge on any atom is 0.297 e. The molecule has 2 heterocycles. The molecule has 25 heavy (non-hydrogen) atoms. The quantitative estimate of drug-likeness (QED) is 0.621. The Morgan fingerprint density at radius 1 is 1.20 bits per heavy atom. The molecule has 0 fully saturated rings. The van der Waals surface area contributed by atoms with Gasteiger partial charge in [0.05, 0.1) is 19.0 Å². The number of benzene rings is 2. The molecule has 0 aliphatic heterocycles. The first-order valence-electron chi connectivity index (χ1n) is 7.54. The average Bonchev–Trinajstić information content (AvgIpc) is 2.99. The number of fused-ring (bicyclic) bond motifs is 3.